The Morgan fingerprint density at radius 2 is 1.65 bits per heavy atom. The van der Waals surface area contributed by atoms with E-state index in [-0.39, 0.29) is 30.2 Å². The second-order valence-corrected chi connectivity index (χ2v) is 6.77. The van der Waals surface area contributed by atoms with Gasteiger partial charge < -0.3 is 15.1 Å². The molecule has 0 aliphatic carbocycles. The number of nitrogens with one attached hydrogen (secondary N) is 1. The number of nitrogens with zero attached hydrogens (tertiary/aromatic N) is 2. The Bertz CT molecular complexity index is 639. The molecule has 0 radical (unpaired) electrons. The van der Waals surface area contributed by atoms with Crippen LogP contribution in [-0.4, -0.2) is 60.2 Å². The molecule has 1 aromatic carbocycles. The predicted molar refractivity (Wildman–Crippen MR) is 103 cm³/mol. The van der Waals surface area contributed by atoms with Crippen LogP contribution in [0.5, 0.6) is 0 Å². The van der Waals surface area contributed by atoms with Crippen molar-refractivity contribution in [1.29, 1.82) is 0 Å². The van der Waals surface area contributed by atoms with E-state index >= 15 is 0 Å². The molecule has 0 aliphatic rings. The maximum Gasteiger partial charge on any atom is 0.252 e. The molecule has 26 heavy (non-hydrogen) atoms. The smallest absolute Gasteiger partial charge is 0.252 e. The summed E-state index contributed by atoms with van der Waals surface area (Å²) in [5.41, 5.74) is 1.40. The third-order valence-electron chi connectivity index (χ3n) is 4.47. The van der Waals surface area contributed by atoms with Crippen LogP contribution in [0.2, 0.25) is 0 Å². The fourth-order valence-corrected chi connectivity index (χ4v) is 2.75. The van der Waals surface area contributed by atoms with Gasteiger partial charge in [0.15, 0.2) is 0 Å². The van der Waals surface area contributed by atoms with Crippen LogP contribution in [0.4, 0.5) is 0 Å². The Morgan fingerprint density at radius 3 is 2.15 bits per heavy atom. The molecular formula is C20H31N3O3. The molecule has 1 aromatic rings. The molecule has 1 atom stereocenters. The molecule has 0 saturated carbocycles. The summed E-state index contributed by atoms with van der Waals surface area (Å²) < 4.78 is 0. The number of carbonyl (C=O) groups is 3. The SMILES string of the molecule is CCN(CC)C(=O)CN(C)C(=O)C(NC(=O)c1ccccc1C)C(C)C. The first-order valence-corrected chi connectivity index (χ1v) is 9.12. The Balaban J connectivity index is 2.85. The highest BCUT2D eigenvalue weighted by atomic mass is 16.2. The fraction of sp³-hybridized carbons (Fsp3) is 0.550. The number of amides is 3. The summed E-state index contributed by atoms with van der Waals surface area (Å²) in [7, 11) is 1.60. The van der Waals surface area contributed by atoms with Gasteiger partial charge in [0, 0.05) is 25.7 Å². The maximum atomic E-state index is 12.8. The molecule has 0 spiro atoms. The van der Waals surface area contributed by atoms with Gasteiger partial charge in [0.05, 0.1) is 6.54 Å². The average Bonchev–Trinajstić information content (AvgIpc) is 2.59. The fourth-order valence-electron chi connectivity index (χ4n) is 2.75. The van der Waals surface area contributed by atoms with Crippen molar-refractivity contribution in [3.63, 3.8) is 0 Å². The first kappa shape index (κ1) is 21.7. The van der Waals surface area contributed by atoms with Gasteiger partial charge in [-0.1, -0.05) is 32.0 Å². The highest BCUT2D eigenvalue weighted by Crippen LogP contribution is 2.11. The van der Waals surface area contributed by atoms with Crippen molar-refractivity contribution in [2.45, 2.75) is 40.7 Å². The quantitative estimate of drug-likeness (QED) is 0.771. The lowest BCUT2D eigenvalue weighted by Gasteiger charge is -2.28. The van der Waals surface area contributed by atoms with Crippen LogP contribution in [0.15, 0.2) is 24.3 Å². The van der Waals surface area contributed by atoms with Gasteiger partial charge >= 0.3 is 0 Å². The van der Waals surface area contributed by atoms with E-state index in [1.807, 2.05) is 46.8 Å². The number of carbonyl (C=O) groups excluding carboxylic acids is 3. The molecule has 1 rings (SSSR count). The monoisotopic (exact) mass is 361 g/mol. The maximum absolute atomic E-state index is 12.8. The van der Waals surface area contributed by atoms with Crippen LogP contribution < -0.4 is 5.32 Å². The van der Waals surface area contributed by atoms with Crippen LogP contribution in [0.25, 0.3) is 0 Å². The number of aryl methyl sites for hydroxylation is 1. The minimum absolute atomic E-state index is 0.00394. The molecule has 0 aliphatic heterocycles. The van der Waals surface area contributed by atoms with Gasteiger partial charge in [-0.25, -0.2) is 0 Å². The predicted octanol–water partition coefficient (Wildman–Crippen LogP) is 2.08. The van der Waals surface area contributed by atoms with Crippen molar-refractivity contribution < 1.29 is 14.4 Å². The van der Waals surface area contributed by atoms with Crippen LogP contribution in [-0.2, 0) is 9.59 Å². The molecule has 144 valence electrons. The summed E-state index contributed by atoms with van der Waals surface area (Å²) in [6.07, 6.45) is 0. The minimum Gasteiger partial charge on any atom is -0.342 e. The van der Waals surface area contributed by atoms with E-state index in [0.29, 0.717) is 18.7 Å². The van der Waals surface area contributed by atoms with Crippen molar-refractivity contribution >= 4 is 17.7 Å². The summed E-state index contributed by atoms with van der Waals surface area (Å²) in [5.74, 6) is -0.735. The van der Waals surface area contributed by atoms with E-state index in [1.54, 1.807) is 24.1 Å². The number of likely N-dealkylation sites (N-methyl/N-ethyl adjacent to an activating group) is 2. The van der Waals surface area contributed by atoms with E-state index in [4.69, 9.17) is 0 Å². The van der Waals surface area contributed by atoms with E-state index in [2.05, 4.69) is 5.32 Å². The molecule has 0 heterocycles. The zero-order valence-electron chi connectivity index (χ0n) is 16.7. The lowest BCUT2D eigenvalue weighted by Crippen LogP contribution is -2.52. The standard InChI is InChI=1S/C20H31N3O3/c1-7-23(8-2)17(24)13-22(6)20(26)18(14(3)4)21-19(25)16-12-10-9-11-15(16)5/h9-12,14,18H,7-8,13H2,1-6H3,(H,21,25). The van der Waals surface area contributed by atoms with Gasteiger partial charge in [-0.05, 0) is 38.3 Å². The van der Waals surface area contributed by atoms with Crippen molar-refractivity contribution in [1.82, 2.24) is 15.1 Å². The zero-order chi connectivity index (χ0) is 19.9. The van der Waals surface area contributed by atoms with Gasteiger partial charge in [-0.2, -0.15) is 0 Å². The summed E-state index contributed by atoms with van der Waals surface area (Å²) in [6, 6.07) is 6.57. The third-order valence-corrected chi connectivity index (χ3v) is 4.47. The number of hydrogen-bond donors (Lipinski definition) is 1. The van der Waals surface area contributed by atoms with Crippen LogP contribution in [0.1, 0.15) is 43.6 Å². The lowest BCUT2D eigenvalue weighted by molar-refractivity contribution is -0.140. The molecule has 3 amide bonds. The molecule has 0 aromatic heterocycles. The van der Waals surface area contributed by atoms with E-state index in [1.165, 1.54) is 4.90 Å². The topological polar surface area (TPSA) is 69.7 Å². The molecule has 1 unspecified atom stereocenters. The van der Waals surface area contributed by atoms with E-state index < -0.39 is 6.04 Å². The first-order chi connectivity index (χ1) is 12.2. The zero-order valence-corrected chi connectivity index (χ0v) is 16.7. The Hall–Kier alpha value is -2.37. The van der Waals surface area contributed by atoms with Gasteiger partial charge in [0.25, 0.3) is 5.91 Å². The molecule has 0 saturated heterocycles. The number of rotatable bonds is 8. The van der Waals surface area contributed by atoms with Gasteiger partial charge in [0.2, 0.25) is 11.8 Å². The van der Waals surface area contributed by atoms with Crippen molar-refractivity contribution in [2.75, 3.05) is 26.7 Å². The normalized spacial score (nSPS) is 11.8. The van der Waals surface area contributed by atoms with Crippen LogP contribution in [0.3, 0.4) is 0 Å². The summed E-state index contributed by atoms with van der Waals surface area (Å²) >= 11 is 0. The molecule has 6 nitrogen and oxygen atoms in total. The molecule has 6 heteroatoms. The van der Waals surface area contributed by atoms with Gasteiger partial charge in [0.1, 0.15) is 6.04 Å². The van der Waals surface area contributed by atoms with E-state index in [9.17, 15) is 14.4 Å². The largest absolute Gasteiger partial charge is 0.342 e. The first-order valence-electron chi connectivity index (χ1n) is 9.12. The highest BCUT2D eigenvalue weighted by molar-refractivity contribution is 5.99. The summed E-state index contributed by atoms with van der Waals surface area (Å²) in [5, 5.41) is 2.83. The second-order valence-electron chi connectivity index (χ2n) is 6.77. The van der Waals surface area contributed by atoms with Crippen LogP contribution in [0, 0.1) is 12.8 Å². The Kier molecular flexibility index (Phi) is 8.29. The second kappa shape index (κ2) is 9.94. The molecule has 1 N–H and O–H groups in total. The molecular weight excluding hydrogens is 330 g/mol. The highest BCUT2D eigenvalue weighted by Gasteiger charge is 2.29. The number of hydrogen-bond acceptors (Lipinski definition) is 3. The van der Waals surface area contributed by atoms with E-state index in [0.717, 1.165) is 5.56 Å². The van der Waals surface area contributed by atoms with Gasteiger partial charge in [-0.15, -0.1) is 0 Å². The minimum atomic E-state index is -0.684. The molecule has 0 bridgehead atoms. The van der Waals surface area contributed by atoms with Gasteiger partial charge in [-0.3, -0.25) is 14.4 Å². The molecule has 0 fully saturated rings. The summed E-state index contributed by atoms with van der Waals surface area (Å²) in [6.45, 7) is 10.6. The van der Waals surface area contributed by atoms with Crippen LogP contribution >= 0.6 is 0 Å². The van der Waals surface area contributed by atoms with Crippen molar-refractivity contribution in [3.05, 3.63) is 35.4 Å². The lowest BCUT2D eigenvalue weighted by atomic mass is 10.0. The Labute approximate surface area is 156 Å². The third kappa shape index (κ3) is 5.58. The average molecular weight is 361 g/mol. The van der Waals surface area contributed by atoms with Crippen molar-refractivity contribution in [2.24, 2.45) is 5.92 Å². The van der Waals surface area contributed by atoms with Crippen molar-refractivity contribution in [3.8, 4) is 0 Å². The summed E-state index contributed by atoms with van der Waals surface area (Å²) in [4.78, 5) is 40.7. The Morgan fingerprint density at radius 1 is 1.08 bits per heavy atom. The number of benzene rings is 1.